The largest absolute Gasteiger partial charge is 0.449 e. The number of aliphatic hydroxyl groups is 1. The number of nitrogens with one attached hydrogen (secondary N) is 1. The van der Waals surface area contributed by atoms with Crippen molar-refractivity contribution in [2.45, 2.75) is 70.1 Å². The average Bonchev–Trinajstić information content (AvgIpc) is 3.15. The highest BCUT2D eigenvalue weighted by molar-refractivity contribution is 8.17. The van der Waals surface area contributed by atoms with Crippen LogP contribution in [0.2, 0.25) is 5.22 Å². The molecule has 0 saturated carbocycles. The maximum Gasteiger partial charge on any atom is 0.201 e. The molecule has 172 valence electrons. The van der Waals surface area contributed by atoms with E-state index in [9.17, 15) is 5.11 Å². The molecule has 1 unspecified atom stereocenters. The van der Waals surface area contributed by atoms with E-state index in [1.165, 1.54) is 44.1 Å². The lowest BCUT2D eigenvalue weighted by Crippen LogP contribution is -2.46. The van der Waals surface area contributed by atoms with Crippen molar-refractivity contribution < 1.29 is 9.52 Å². The minimum atomic E-state index is -1.12. The van der Waals surface area contributed by atoms with Gasteiger partial charge in [0.1, 0.15) is 5.76 Å². The van der Waals surface area contributed by atoms with E-state index in [-0.39, 0.29) is 5.22 Å². The zero-order valence-electron chi connectivity index (χ0n) is 18.1. The lowest BCUT2D eigenvalue weighted by Gasteiger charge is -2.41. The number of likely N-dealkylation sites (tertiary alicyclic amines) is 2. The summed E-state index contributed by atoms with van der Waals surface area (Å²) in [5, 5.41) is 12.3. The summed E-state index contributed by atoms with van der Waals surface area (Å²) in [5.74, 6) is 6.58. The maximum absolute atomic E-state index is 10.8. The van der Waals surface area contributed by atoms with Gasteiger partial charge in [-0.25, -0.2) is 10.8 Å². The Hall–Kier alpha value is -1.19. The molecule has 31 heavy (non-hydrogen) atoms. The minimum absolute atomic E-state index is 0.225. The molecule has 1 aliphatic carbocycles. The molecular formula is C22H34ClN5O2S. The summed E-state index contributed by atoms with van der Waals surface area (Å²) in [6.45, 7) is 8.68. The molecule has 9 heteroatoms. The number of aryl methyl sites for hydroxylation is 1. The van der Waals surface area contributed by atoms with Gasteiger partial charge in [-0.15, -0.1) is 0 Å². The summed E-state index contributed by atoms with van der Waals surface area (Å²) in [4.78, 5) is 9.34. The zero-order valence-corrected chi connectivity index (χ0v) is 19.7. The second kappa shape index (κ2) is 10.6. The first-order chi connectivity index (χ1) is 15.1. The molecule has 0 bridgehead atoms. The number of hydrogen-bond acceptors (Lipinski definition) is 7. The molecule has 0 radical (unpaired) electrons. The molecular weight excluding hydrogens is 434 g/mol. The molecule has 2 fully saturated rings. The van der Waals surface area contributed by atoms with Crippen LogP contribution in [-0.4, -0.2) is 52.3 Å². The van der Waals surface area contributed by atoms with Crippen molar-refractivity contribution in [2.24, 2.45) is 10.8 Å². The predicted molar refractivity (Wildman–Crippen MR) is 127 cm³/mol. The monoisotopic (exact) mass is 467 g/mol. The standard InChI is InChI=1S/C22H34ClN5O2S/c1-15(27-13-9-16(10-14-27)28-11-5-2-6-12-28)31-22(26-24)25-21(29)19-17-7-3-4-8-18(17)30-20(19)23/h16,21,29H,1-14,24H2,(H,25,26). The second-order valence-electron chi connectivity index (χ2n) is 8.66. The van der Waals surface area contributed by atoms with E-state index >= 15 is 0 Å². The molecule has 7 nitrogen and oxygen atoms in total. The van der Waals surface area contributed by atoms with E-state index in [1.54, 1.807) is 0 Å². The van der Waals surface area contributed by atoms with Gasteiger partial charge in [0.15, 0.2) is 11.4 Å². The summed E-state index contributed by atoms with van der Waals surface area (Å²) < 4.78 is 5.66. The molecule has 2 saturated heterocycles. The molecule has 0 spiro atoms. The third kappa shape index (κ3) is 5.42. The number of fused-ring (bicyclic) bond motifs is 1. The number of aliphatic hydroxyl groups excluding tert-OH is 1. The van der Waals surface area contributed by atoms with E-state index in [1.807, 2.05) is 0 Å². The summed E-state index contributed by atoms with van der Waals surface area (Å²) in [5.41, 5.74) is 4.17. The Kier molecular flexibility index (Phi) is 7.87. The topological polar surface area (TPSA) is 90.3 Å². The van der Waals surface area contributed by atoms with Crippen molar-refractivity contribution in [3.63, 3.8) is 0 Å². The SMILES string of the molecule is C=C(SC(=NC(O)c1c(Cl)oc2c1CCCC2)NN)N1CCC(N2CCCCC2)CC1. The lowest BCUT2D eigenvalue weighted by atomic mass is 9.95. The molecule has 3 heterocycles. The van der Waals surface area contributed by atoms with Gasteiger partial charge in [-0.1, -0.05) is 13.0 Å². The Labute approximate surface area is 194 Å². The Bertz CT molecular complexity index is 800. The van der Waals surface area contributed by atoms with Gasteiger partial charge in [-0.2, -0.15) is 0 Å². The van der Waals surface area contributed by atoms with Crippen molar-refractivity contribution in [1.82, 2.24) is 15.2 Å². The molecule has 0 aromatic carbocycles. The van der Waals surface area contributed by atoms with Crippen molar-refractivity contribution in [1.29, 1.82) is 0 Å². The number of halogens is 1. The third-order valence-electron chi connectivity index (χ3n) is 6.73. The van der Waals surface area contributed by atoms with Gasteiger partial charge >= 0.3 is 0 Å². The third-order valence-corrected chi connectivity index (χ3v) is 7.92. The van der Waals surface area contributed by atoms with Gasteiger partial charge < -0.3 is 24.7 Å². The van der Waals surface area contributed by atoms with Crippen LogP contribution in [0, 0.1) is 0 Å². The van der Waals surface area contributed by atoms with Crippen LogP contribution in [0.15, 0.2) is 21.0 Å². The summed E-state index contributed by atoms with van der Waals surface area (Å²) in [6, 6.07) is 0.686. The smallest absolute Gasteiger partial charge is 0.201 e. The van der Waals surface area contributed by atoms with Crippen molar-refractivity contribution >= 4 is 28.5 Å². The maximum atomic E-state index is 10.8. The highest BCUT2D eigenvalue weighted by Gasteiger charge is 2.28. The molecule has 2 aliphatic heterocycles. The van der Waals surface area contributed by atoms with Gasteiger partial charge in [0, 0.05) is 31.1 Å². The number of furan rings is 1. The molecule has 4 N–H and O–H groups in total. The van der Waals surface area contributed by atoms with Crippen LogP contribution in [0.1, 0.15) is 68.1 Å². The highest BCUT2D eigenvalue weighted by Crippen LogP contribution is 2.37. The first-order valence-corrected chi connectivity index (χ1v) is 12.6. The van der Waals surface area contributed by atoms with Gasteiger partial charge in [0.05, 0.1) is 10.6 Å². The first-order valence-electron chi connectivity index (χ1n) is 11.4. The summed E-state index contributed by atoms with van der Waals surface area (Å²) in [7, 11) is 0. The number of hydrogen-bond donors (Lipinski definition) is 3. The highest BCUT2D eigenvalue weighted by atomic mass is 35.5. The van der Waals surface area contributed by atoms with E-state index in [4.69, 9.17) is 21.9 Å². The number of rotatable bonds is 5. The number of nitrogens with zero attached hydrogens (tertiary/aromatic N) is 3. The van der Waals surface area contributed by atoms with E-state index in [2.05, 4.69) is 26.8 Å². The lowest BCUT2D eigenvalue weighted by molar-refractivity contribution is 0.108. The van der Waals surface area contributed by atoms with Crippen LogP contribution in [0.3, 0.4) is 0 Å². The number of piperidine rings is 2. The van der Waals surface area contributed by atoms with Gasteiger partial charge in [-0.05, 0) is 81.4 Å². The molecule has 1 aromatic heterocycles. The Balaban J connectivity index is 1.35. The molecule has 1 atom stereocenters. The molecule has 3 aliphatic rings. The van der Waals surface area contributed by atoms with Crippen LogP contribution in [0.5, 0.6) is 0 Å². The fraction of sp³-hybridized carbons (Fsp3) is 0.682. The van der Waals surface area contributed by atoms with Crippen molar-refractivity contribution in [3.8, 4) is 0 Å². The normalized spacial score (nSPS) is 22.3. The minimum Gasteiger partial charge on any atom is -0.449 e. The first kappa shape index (κ1) is 23.0. The fourth-order valence-corrected chi connectivity index (χ4v) is 6.07. The van der Waals surface area contributed by atoms with Crippen LogP contribution in [0.25, 0.3) is 0 Å². The number of amidine groups is 1. The van der Waals surface area contributed by atoms with Gasteiger partial charge in [0.25, 0.3) is 0 Å². The van der Waals surface area contributed by atoms with Crippen molar-refractivity contribution in [2.75, 3.05) is 26.2 Å². The molecule has 1 aromatic rings. The summed E-state index contributed by atoms with van der Waals surface area (Å²) in [6.07, 6.45) is 9.07. The predicted octanol–water partition coefficient (Wildman–Crippen LogP) is 3.78. The zero-order chi connectivity index (χ0) is 21.8. The summed E-state index contributed by atoms with van der Waals surface area (Å²) >= 11 is 7.63. The number of thioether (sulfide) groups is 1. The van der Waals surface area contributed by atoms with Gasteiger partial charge in [0.2, 0.25) is 5.22 Å². The average molecular weight is 468 g/mol. The second-order valence-corrected chi connectivity index (χ2v) is 10.1. The van der Waals surface area contributed by atoms with Crippen molar-refractivity contribution in [3.05, 3.63) is 33.7 Å². The molecule has 4 rings (SSSR count). The van der Waals surface area contributed by atoms with Crippen LogP contribution in [0.4, 0.5) is 0 Å². The quantitative estimate of drug-likeness (QED) is 0.263. The molecule has 0 amide bonds. The number of nitrogens with two attached hydrogens (primary N) is 1. The van der Waals surface area contributed by atoms with E-state index < -0.39 is 6.23 Å². The Morgan fingerprint density at radius 1 is 1.16 bits per heavy atom. The van der Waals surface area contributed by atoms with Gasteiger partial charge in [-0.3, -0.25) is 0 Å². The van der Waals surface area contributed by atoms with Crippen LogP contribution in [-0.2, 0) is 12.8 Å². The Morgan fingerprint density at radius 3 is 2.58 bits per heavy atom. The van der Waals surface area contributed by atoms with E-state index in [0.717, 1.165) is 68.0 Å². The van der Waals surface area contributed by atoms with E-state index in [0.29, 0.717) is 16.8 Å². The van der Waals surface area contributed by atoms with Crippen LogP contribution >= 0.6 is 23.4 Å². The number of hydrazine groups is 1. The van der Waals surface area contributed by atoms with Crippen LogP contribution < -0.4 is 11.3 Å². The Morgan fingerprint density at radius 2 is 1.87 bits per heavy atom. The fourth-order valence-electron chi connectivity index (χ4n) is 5.02. The number of aliphatic imine (C=N–C) groups is 1.